The van der Waals surface area contributed by atoms with E-state index in [2.05, 4.69) is 53.7 Å². The molecule has 0 saturated heterocycles. The predicted octanol–water partition coefficient (Wildman–Crippen LogP) is 7.88. The molecule has 0 aliphatic heterocycles. The summed E-state index contributed by atoms with van der Waals surface area (Å²) in [5.41, 5.74) is 0.638. The summed E-state index contributed by atoms with van der Waals surface area (Å²) in [6.45, 7) is 14.6. The SMILES string of the molecule is CCC=CCC1(CC(C)C(CC)C2CCC2CC)CC(C(C)C)C1. The monoisotopic (exact) mass is 332 g/mol. The predicted molar refractivity (Wildman–Crippen MR) is 108 cm³/mol. The lowest BCUT2D eigenvalue weighted by atomic mass is 9.52. The van der Waals surface area contributed by atoms with Gasteiger partial charge in [0, 0.05) is 0 Å². The van der Waals surface area contributed by atoms with E-state index >= 15 is 0 Å². The molecule has 2 rings (SSSR count). The van der Waals surface area contributed by atoms with Gasteiger partial charge in [-0.05, 0) is 85.9 Å². The van der Waals surface area contributed by atoms with Crippen molar-refractivity contribution in [2.75, 3.05) is 0 Å². The van der Waals surface area contributed by atoms with Crippen LogP contribution in [-0.2, 0) is 0 Å². The summed E-state index contributed by atoms with van der Waals surface area (Å²) < 4.78 is 0. The molecule has 0 radical (unpaired) electrons. The van der Waals surface area contributed by atoms with Crippen molar-refractivity contribution in [1.82, 2.24) is 0 Å². The summed E-state index contributed by atoms with van der Waals surface area (Å²) >= 11 is 0. The zero-order chi connectivity index (χ0) is 17.7. The van der Waals surface area contributed by atoms with Crippen LogP contribution in [0, 0.1) is 40.9 Å². The highest BCUT2D eigenvalue weighted by Gasteiger charge is 2.46. The molecule has 2 aliphatic rings. The molecule has 140 valence electrons. The van der Waals surface area contributed by atoms with E-state index in [1.807, 2.05) is 0 Å². The fourth-order valence-electron chi connectivity index (χ4n) is 6.07. The van der Waals surface area contributed by atoms with Crippen LogP contribution in [0.3, 0.4) is 0 Å². The van der Waals surface area contributed by atoms with Crippen molar-refractivity contribution < 1.29 is 0 Å². The van der Waals surface area contributed by atoms with E-state index < -0.39 is 0 Å². The van der Waals surface area contributed by atoms with Crippen LogP contribution in [0.5, 0.6) is 0 Å². The van der Waals surface area contributed by atoms with Gasteiger partial charge >= 0.3 is 0 Å². The van der Waals surface area contributed by atoms with Gasteiger partial charge in [0.05, 0.1) is 0 Å². The van der Waals surface area contributed by atoms with Crippen molar-refractivity contribution in [1.29, 1.82) is 0 Å². The first-order chi connectivity index (χ1) is 11.5. The molecular formula is C24H44. The molecule has 0 spiro atoms. The van der Waals surface area contributed by atoms with Crippen molar-refractivity contribution in [2.24, 2.45) is 40.9 Å². The Morgan fingerprint density at radius 1 is 1.00 bits per heavy atom. The highest BCUT2D eigenvalue weighted by atomic mass is 14.5. The second kappa shape index (κ2) is 8.91. The Morgan fingerprint density at radius 2 is 1.71 bits per heavy atom. The van der Waals surface area contributed by atoms with Crippen LogP contribution in [0.1, 0.15) is 99.3 Å². The van der Waals surface area contributed by atoms with Gasteiger partial charge in [-0.15, -0.1) is 0 Å². The molecule has 0 aromatic heterocycles. The quantitative estimate of drug-likeness (QED) is 0.357. The van der Waals surface area contributed by atoms with Crippen molar-refractivity contribution in [3.63, 3.8) is 0 Å². The molecule has 0 heteroatoms. The van der Waals surface area contributed by atoms with Crippen LogP contribution in [-0.4, -0.2) is 0 Å². The minimum absolute atomic E-state index is 0.638. The van der Waals surface area contributed by atoms with Gasteiger partial charge in [0.15, 0.2) is 0 Å². The van der Waals surface area contributed by atoms with Crippen LogP contribution in [0.4, 0.5) is 0 Å². The van der Waals surface area contributed by atoms with Crippen LogP contribution < -0.4 is 0 Å². The lowest BCUT2D eigenvalue weighted by molar-refractivity contribution is -0.0198. The molecule has 4 unspecified atom stereocenters. The van der Waals surface area contributed by atoms with Gasteiger partial charge in [0.25, 0.3) is 0 Å². The molecular weight excluding hydrogens is 288 g/mol. The third-order valence-electron chi connectivity index (χ3n) is 7.79. The van der Waals surface area contributed by atoms with Gasteiger partial charge in [0.2, 0.25) is 0 Å². The number of hydrogen-bond acceptors (Lipinski definition) is 0. The highest BCUT2D eigenvalue weighted by Crippen LogP contribution is 2.57. The Hall–Kier alpha value is -0.260. The maximum absolute atomic E-state index is 2.59. The molecule has 0 bridgehead atoms. The maximum Gasteiger partial charge on any atom is -0.0255 e. The first-order valence-corrected chi connectivity index (χ1v) is 11.1. The molecule has 0 aromatic rings. The summed E-state index contributed by atoms with van der Waals surface area (Å²) in [4.78, 5) is 0. The zero-order valence-corrected chi connectivity index (χ0v) is 17.5. The van der Waals surface area contributed by atoms with Gasteiger partial charge in [-0.25, -0.2) is 0 Å². The summed E-state index contributed by atoms with van der Waals surface area (Å²) in [5.74, 6) is 5.84. The Bertz CT molecular complexity index is 383. The van der Waals surface area contributed by atoms with Crippen LogP contribution in [0.25, 0.3) is 0 Å². The van der Waals surface area contributed by atoms with Crippen molar-refractivity contribution in [2.45, 2.75) is 99.3 Å². The minimum atomic E-state index is 0.638. The smallest absolute Gasteiger partial charge is 0.0255 e. The average Bonchev–Trinajstić information content (AvgIpc) is 2.48. The number of rotatable bonds is 10. The molecule has 2 fully saturated rings. The summed E-state index contributed by atoms with van der Waals surface area (Å²) in [7, 11) is 0. The Morgan fingerprint density at radius 3 is 2.17 bits per heavy atom. The molecule has 0 heterocycles. The van der Waals surface area contributed by atoms with Crippen LogP contribution in [0.15, 0.2) is 12.2 Å². The standard InChI is InChI=1S/C24H44/c1-7-10-11-14-24(16-21(17-24)18(4)5)15-19(6)22(9-3)23-13-12-20(23)8-2/h10-11,18-23H,7-9,12-17H2,1-6H3. The first kappa shape index (κ1) is 20.1. The normalized spacial score (nSPS) is 35.7. The van der Waals surface area contributed by atoms with Gasteiger partial charge in [-0.3, -0.25) is 0 Å². The Labute approximate surface area is 152 Å². The molecule has 4 atom stereocenters. The van der Waals surface area contributed by atoms with E-state index in [1.165, 1.54) is 57.8 Å². The largest absolute Gasteiger partial charge is 0.0888 e. The molecule has 2 aliphatic carbocycles. The van der Waals surface area contributed by atoms with Gasteiger partial charge in [-0.1, -0.05) is 66.5 Å². The third-order valence-corrected chi connectivity index (χ3v) is 7.79. The second-order valence-corrected chi connectivity index (χ2v) is 9.66. The second-order valence-electron chi connectivity index (χ2n) is 9.66. The van der Waals surface area contributed by atoms with E-state index in [-0.39, 0.29) is 0 Å². The molecule has 0 amide bonds. The van der Waals surface area contributed by atoms with Crippen LogP contribution in [0.2, 0.25) is 0 Å². The van der Waals surface area contributed by atoms with E-state index in [0.717, 1.165) is 35.5 Å². The topological polar surface area (TPSA) is 0 Å². The van der Waals surface area contributed by atoms with Gasteiger partial charge in [-0.2, -0.15) is 0 Å². The lowest BCUT2D eigenvalue weighted by Crippen LogP contribution is -2.43. The van der Waals surface area contributed by atoms with E-state index in [9.17, 15) is 0 Å². The van der Waals surface area contributed by atoms with E-state index in [0.29, 0.717) is 5.41 Å². The molecule has 0 aromatic carbocycles. The molecule has 24 heavy (non-hydrogen) atoms. The fourth-order valence-corrected chi connectivity index (χ4v) is 6.07. The van der Waals surface area contributed by atoms with E-state index in [1.54, 1.807) is 0 Å². The Balaban J connectivity index is 1.98. The van der Waals surface area contributed by atoms with Crippen molar-refractivity contribution in [3.05, 3.63) is 12.2 Å². The minimum Gasteiger partial charge on any atom is -0.0888 e. The van der Waals surface area contributed by atoms with Gasteiger partial charge in [0.1, 0.15) is 0 Å². The Kier molecular flexibility index (Phi) is 7.44. The zero-order valence-electron chi connectivity index (χ0n) is 17.5. The van der Waals surface area contributed by atoms with E-state index in [4.69, 9.17) is 0 Å². The molecule has 0 N–H and O–H groups in total. The fraction of sp³-hybridized carbons (Fsp3) is 0.917. The third kappa shape index (κ3) is 4.47. The molecule has 0 nitrogen and oxygen atoms in total. The maximum atomic E-state index is 2.59. The number of allylic oxidation sites excluding steroid dienone is 2. The first-order valence-electron chi connectivity index (χ1n) is 11.1. The lowest BCUT2D eigenvalue weighted by Gasteiger charge is -2.53. The van der Waals surface area contributed by atoms with Crippen molar-refractivity contribution in [3.8, 4) is 0 Å². The van der Waals surface area contributed by atoms with Gasteiger partial charge < -0.3 is 0 Å². The van der Waals surface area contributed by atoms with Crippen molar-refractivity contribution >= 4 is 0 Å². The summed E-state index contributed by atoms with van der Waals surface area (Å²) in [6.07, 6.45) is 17.7. The average molecular weight is 333 g/mol. The summed E-state index contributed by atoms with van der Waals surface area (Å²) in [6, 6.07) is 0. The number of hydrogen-bond donors (Lipinski definition) is 0. The highest BCUT2D eigenvalue weighted by molar-refractivity contribution is 5.01. The van der Waals surface area contributed by atoms with Crippen LogP contribution >= 0.6 is 0 Å². The molecule has 2 saturated carbocycles. The summed E-state index contributed by atoms with van der Waals surface area (Å²) in [5, 5.41) is 0.